The summed E-state index contributed by atoms with van der Waals surface area (Å²) in [6.07, 6.45) is 3.16. The number of aliphatic hydroxyl groups is 1. The molecule has 1 aromatic heterocycles. The van der Waals surface area contributed by atoms with E-state index in [1.165, 1.54) is 15.7 Å². The molecule has 2 aromatic carbocycles. The van der Waals surface area contributed by atoms with E-state index in [-0.39, 0.29) is 23.4 Å². The number of hydrogen-bond acceptors (Lipinski definition) is 5. The highest BCUT2D eigenvalue weighted by atomic mass is 16.3. The van der Waals surface area contributed by atoms with Crippen LogP contribution in [-0.4, -0.2) is 54.1 Å². The number of aromatic nitrogens is 2. The molecular formula is C30H39N3O4. The average molecular weight is 506 g/mol. The van der Waals surface area contributed by atoms with Gasteiger partial charge in [-0.25, -0.2) is 4.79 Å². The first-order valence-corrected chi connectivity index (χ1v) is 13.6. The third kappa shape index (κ3) is 4.09. The van der Waals surface area contributed by atoms with Gasteiger partial charge in [-0.2, -0.15) is 0 Å². The van der Waals surface area contributed by atoms with Crippen molar-refractivity contribution >= 4 is 0 Å². The third-order valence-corrected chi connectivity index (χ3v) is 9.16. The maximum Gasteiger partial charge on any atom is 0.331 e. The molecule has 2 aliphatic rings. The Labute approximate surface area is 218 Å². The highest BCUT2D eigenvalue weighted by molar-refractivity contribution is 5.47. The Kier molecular flexibility index (Phi) is 6.71. The summed E-state index contributed by atoms with van der Waals surface area (Å²) in [5, 5.41) is 33.9. The Morgan fingerprint density at radius 3 is 2.43 bits per heavy atom. The van der Waals surface area contributed by atoms with Gasteiger partial charge in [0.25, 0.3) is 0 Å². The first-order valence-electron chi connectivity index (χ1n) is 13.6. The van der Waals surface area contributed by atoms with E-state index >= 15 is 0 Å². The van der Waals surface area contributed by atoms with Gasteiger partial charge >= 0.3 is 5.69 Å². The monoisotopic (exact) mass is 505 g/mol. The van der Waals surface area contributed by atoms with Crippen molar-refractivity contribution in [1.29, 1.82) is 0 Å². The van der Waals surface area contributed by atoms with Gasteiger partial charge in [0.1, 0.15) is 5.75 Å². The fraction of sp³-hybridized carbons (Fsp3) is 0.500. The van der Waals surface area contributed by atoms with E-state index in [4.69, 9.17) is 0 Å². The van der Waals surface area contributed by atoms with Crippen LogP contribution in [0.1, 0.15) is 56.0 Å². The number of rotatable bonds is 8. The lowest BCUT2D eigenvalue weighted by Gasteiger charge is -2.61. The lowest BCUT2D eigenvalue weighted by atomic mass is 9.54. The van der Waals surface area contributed by atoms with Crippen molar-refractivity contribution in [2.45, 2.75) is 83.0 Å². The summed E-state index contributed by atoms with van der Waals surface area (Å²) < 4.78 is 3.02. The minimum absolute atomic E-state index is 0.00282. The van der Waals surface area contributed by atoms with Gasteiger partial charge in [0.2, 0.25) is 5.88 Å². The van der Waals surface area contributed by atoms with Crippen molar-refractivity contribution in [3.8, 4) is 11.6 Å². The Morgan fingerprint density at radius 1 is 1.00 bits per heavy atom. The Morgan fingerprint density at radius 2 is 1.73 bits per heavy atom. The molecule has 2 bridgehead atoms. The van der Waals surface area contributed by atoms with Crippen molar-refractivity contribution in [2.75, 3.05) is 13.1 Å². The predicted octanol–water partition coefficient (Wildman–Crippen LogP) is 3.60. The predicted molar refractivity (Wildman–Crippen MR) is 144 cm³/mol. The van der Waals surface area contributed by atoms with Gasteiger partial charge in [0.05, 0.1) is 11.3 Å². The van der Waals surface area contributed by atoms with Crippen molar-refractivity contribution in [3.05, 3.63) is 81.4 Å². The second kappa shape index (κ2) is 9.69. The zero-order valence-corrected chi connectivity index (χ0v) is 22.2. The van der Waals surface area contributed by atoms with Crippen molar-refractivity contribution in [2.24, 2.45) is 0 Å². The number of hydrogen-bond donors (Lipinski definition) is 3. The van der Waals surface area contributed by atoms with Crippen LogP contribution in [0.25, 0.3) is 0 Å². The molecule has 0 radical (unpaired) electrons. The fourth-order valence-corrected chi connectivity index (χ4v) is 6.96. The van der Waals surface area contributed by atoms with Crippen LogP contribution in [0.15, 0.2) is 53.3 Å². The minimum Gasteiger partial charge on any atom is -0.508 e. The van der Waals surface area contributed by atoms with Crippen molar-refractivity contribution < 1.29 is 15.3 Å². The van der Waals surface area contributed by atoms with Crippen molar-refractivity contribution in [3.63, 3.8) is 0 Å². The molecule has 37 heavy (non-hydrogen) atoms. The zero-order valence-electron chi connectivity index (χ0n) is 22.2. The Balaban J connectivity index is 1.51. The van der Waals surface area contributed by atoms with Crippen LogP contribution in [0.4, 0.5) is 0 Å². The first-order chi connectivity index (χ1) is 17.7. The lowest BCUT2D eigenvalue weighted by Crippen LogP contribution is -2.70. The van der Waals surface area contributed by atoms with E-state index < -0.39 is 11.0 Å². The Bertz CT molecular complexity index is 1330. The molecule has 0 amide bonds. The largest absolute Gasteiger partial charge is 0.508 e. The molecule has 3 aromatic rings. The molecule has 3 atom stereocenters. The van der Waals surface area contributed by atoms with E-state index in [0.717, 1.165) is 31.5 Å². The van der Waals surface area contributed by atoms with Crippen LogP contribution in [0, 0.1) is 0 Å². The smallest absolute Gasteiger partial charge is 0.331 e. The maximum atomic E-state index is 12.8. The van der Waals surface area contributed by atoms with Crippen LogP contribution in [0.2, 0.25) is 0 Å². The van der Waals surface area contributed by atoms with Gasteiger partial charge in [0, 0.05) is 31.1 Å². The summed E-state index contributed by atoms with van der Waals surface area (Å²) in [7, 11) is 0. The van der Waals surface area contributed by atoms with Crippen LogP contribution >= 0.6 is 0 Å². The molecular weight excluding hydrogens is 466 g/mol. The molecule has 1 fully saturated rings. The van der Waals surface area contributed by atoms with Gasteiger partial charge in [-0.1, -0.05) is 43.3 Å². The Hall–Kier alpha value is -3.03. The highest BCUT2D eigenvalue weighted by Crippen LogP contribution is 2.53. The number of fused-ring (bicyclic) bond motifs is 4. The van der Waals surface area contributed by atoms with Crippen LogP contribution < -0.4 is 5.69 Å². The van der Waals surface area contributed by atoms with E-state index in [0.29, 0.717) is 38.0 Å². The molecule has 3 unspecified atom stereocenters. The second-order valence-corrected chi connectivity index (χ2v) is 10.9. The third-order valence-electron chi connectivity index (χ3n) is 9.16. The van der Waals surface area contributed by atoms with Crippen LogP contribution in [0.5, 0.6) is 11.6 Å². The summed E-state index contributed by atoms with van der Waals surface area (Å²) in [5.74, 6) is 0.216. The maximum absolute atomic E-state index is 12.8. The summed E-state index contributed by atoms with van der Waals surface area (Å²) >= 11 is 0. The summed E-state index contributed by atoms with van der Waals surface area (Å²) in [6.45, 7) is 8.44. The summed E-state index contributed by atoms with van der Waals surface area (Å²) in [4.78, 5) is 15.2. The minimum atomic E-state index is -1.10. The number of likely N-dealkylation sites (tertiary alicyclic amines) is 1. The molecule has 7 heteroatoms. The van der Waals surface area contributed by atoms with Gasteiger partial charge in [-0.3, -0.25) is 14.0 Å². The molecule has 0 spiro atoms. The molecule has 3 N–H and O–H groups in total. The van der Waals surface area contributed by atoms with Crippen LogP contribution in [-0.2, 0) is 37.8 Å². The molecule has 7 nitrogen and oxygen atoms in total. The molecule has 0 saturated carbocycles. The number of piperidine rings is 1. The number of benzene rings is 2. The molecule has 198 valence electrons. The molecule has 1 aliphatic heterocycles. The van der Waals surface area contributed by atoms with E-state index in [1.54, 1.807) is 10.6 Å². The fourth-order valence-electron chi connectivity index (χ4n) is 6.96. The normalized spacial score (nSPS) is 25.2. The van der Waals surface area contributed by atoms with E-state index in [1.807, 2.05) is 32.0 Å². The van der Waals surface area contributed by atoms with E-state index in [2.05, 4.69) is 36.1 Å². The van der Waals surface area contributed by atoms with Gasteiger partial charge in [0.15, 0.2) is 0 Å². The second-order valence-electron chi connectivity index (χ2n) is 10.9. The summed E-state index contributed by atoms with van der Waals surface area (Å²) in [6, 6.07) is 15.9. The number of phenolic OH excluding ortho intramolecular Hbond substituents is 1. The average Bonchev–Trinajstić information content (AvgIpc) is 3.13. The van der Waals surface area contributed by atoms with Gasteiger partial charge in [-0.05, 0) is 81.3 Å². The quantitative estimate of drug-likeness (QED) is 0.435. The molecule has 1 saturated heterocycles. The lowest BCUT2D eigenvalue weighted by molar-refractivity contribution is -0.145. The highest BCUT2D eigenvalue weighted by Gasteiger charge is 2.60. The standard InChI is InChI=1S/C30H39N3O4/c1-4-32-25(27(35)33(5-2)28(32)36)13-15-30(37)26-19-22-11-12-23(34)20-24(22)29(30,3)16-18-31(26)17-14-21-9-7-6-8-10-21/h6-12,20,26,34-35,37H,4-5,13-19H2,1-3H3. The van der Waals surface area contributed by atoms with Gasteiger partial charge in [-0.15, -0.1) is 0 Å². The van der Waals surface area contributed by atoms with Crippen molar-refractivity contribution in [1.82, 2.24) is 14.0 Å². The summed E-state index contributed by atoms with van der Waals surface area (Å²) in [5.41, 5.74) is 2.17. The van der Waals surface area contributed by atoms with Gasteiger partial charge < -0.3 is 15.3 Å². The number of nitrogens with zero attached hydrogens (tertiary/aromatic N) is 3. The molecule has 1 aliphatic carbocycles. The first kappa shape index (κ1) is 25.6. The number of aromatic hydroxyl groups is 2. The van der Waals surface area contributed by atoms with E-state index in [9.17, 15) is 20.1 Å². The van der Waals surface area contributed by atoms with Crippen LogP contribution in [0.3, 0.4) is 0 Å². The molecule has 2 heterocycles. The number of phenols is 1. The SMILES string of the molecule is CCn1c(O)c(CCC2(O)C3Cc4ccc(O)cc4C2(C)CCN3CCc2ccccc2)n(CC)c1=O. The topological polar surface area (TPSA) is 90.9 Å². The molecule has 5 rings (SSSR count). The number of imidazole rings is 1. The zero-order chi connectivity index (χ0) is 26.4.